The molecular weight excluding hydrogens is 318 g/mol. The highest BCUT2D eigenvalue weighted by molar-refractivity contribution is 5.79. The van der Waals surface area contributed by atoms with Crippen molar-refractivity contribution in [1.82, 2.24) is 20.7 Å². The van der Waals surface area contributed by atoms with Gasteiger partial charge in [-0.05, 0) is 11.1 Å². The smallest absolute Gasteiger partial charge is 0.191 e. The number of nitrogens with one attached hydrogen (secondary N) is 2. The van der Waals surface area contributed by atoms with Crippen LogP contribution >= 0.6 is 0 Å². The van der Waals surface area contributed by atoms with Crippen LogP contribution in [0.4, 0.5) is 0 Å². The van der Waals surface area contributed by atoms with Gasteiger partial charge in [0.2, 0.25) is 0 Å². The summed E-state index contributed by atoms with van der Waals surface area (Å²) in [6.45, 7) is 5.86. The Balaban J connectivity index is 1.54. The van der Waals surface area contributed by atoms with Gasteiger partial charge in [0.1, 0.15) is 12.0 Å². The second-order valence-corrected chi connectivity index (χ2v) is 5.93. The van der Waals surface area contributed by atoms with Crippen molar-refractivity contribution in [2.24, 2.45) is 4.99 Å². The fourth-order valence-electron chi connectivity index (χ4n) is 2.79. The molecule has 7 heteroatoms. The second kappa shape index (κ2) is 9.19. The molecule has 0 bridgehead atoms. The molecule has 0 radical (unpaired) electrons. The standard InChI is InChI=1S/C18H25N5O2/c1-19-18(21-13-17-6-9-25-22-17)20-12-15-4-2-3-5-16(15)14-23-7-10-24-11-8-23/h2-6,9H,7-8,10-14H2,1H3,(H2,19,20,21). The van der Waals surface area contributed by atoms with Crippen LogP contribution in [0.25, 0.3) is 0 Å². The number of benzene rings is 1. The van der Waals surface area contributed by atoms with E-state index in [2.05, 4.69) is 49.9 Å². The molecule has 134 valence electrons. The topological polar surface area (TPSA) is 74.9 Å². The number of aliphatic imine (C=N–C) groups is 1. The lowest BCUT2D eigenvalue weighted by molar-refractivity contribution is 0.0341. The normalized spacial score (nSPS) is 16.0. The third-order valence-electron chi connectivity index (χ3n) is 4.21. The van der Waals surface area contributed by atoms with Crippen LogP contribution in [-0.4, -0.2) is 49.4 Å². The Labute approximate surface area is 148 Å². The van der Waals surface area contributed by atoms with Crippen LogP contribution in [0, 0.1) is 0 Å². The van der Waals surface area contributed by atoms with E-state index in [9.17, 15) is 0 Å². The number of aromatic nitrogens is 1. The average molecular weight is 343 g/mol. The quantitative estimate of drug-likeness (QED) is 0.610. The summed E-state index contributed by atoms with van der Waals surface area (Å²) in [7, 11) is 1.76. The van der Waals surface area contributed by atoms with Gasteiger partial charge in [-0.2, -0.15) is 0 Å². The lowest BCUT2D eigenvalue weighted by Crippen LogP contribution is -2.37. The van der Waals surface area contributed by atoms with Gasteiger partial charge in [0, 0.05) is 39.3 Å². The third kappa shape index (κ3) is 5.30. The molecule has 1 aliphatic heterocycles. The summed E-state index contributed by atoms with van der Waals surface area (Å²) in [5, 5.41) is 10.5. The fraction of sp³-hybridized carbons (Fsp3) is 0.444. The van der Waals surface area contributed by atoms with Gasteiger partial charge in [0.15, 0.2) is 5.96 Å². The van der Waals surface area contributed by atoms with E-state index in [-0.39, 0.29) is 0 Å². The van der Waals surface area contributed by atoms with Gasteiger partial charge in [0.05, 0.1) is 19.8 Å². The van der Waals surface area contributed by atoms with Crippen molar-refractivity contribution in [2.45, 2.75) is 19.6 Å². The molecule has 1 aromatic heterocycles. The van der Waals surface area contributed by atoms with Crippen molar-refractivity contribution >= 4 is 5.96 Å². The average Bonchev–Trinajstić information content (AvgIpc) is 3.17. The summed E-state index contributed by atoms with van der Waals surface area (Å²) in [5.74, 6) is 0.740. The van der Waals surface area contributed by atoms with Gasteiger partial charge < -0.3 is 19.9 Å². The highest BCUT2D eigenvalue weighted by atomic mass is 16.5. The van der Waals surface area contributed by atoms with Gasteiger partial charge in [0.25, 0.3) is 0 Å². The SMILES string of the molecule is CN=C(NCc1ccon1)NCc1ccccc1CN1CCOCC1. The van der Waals surface area contributed by atoms with Crippen molar-refractivity contribution in [3.05, 3.63) is 53.4 Å². The van der Waals surface area contributed by atoms with E-state index in [0.717, 1.165) is 51.0 Å². The molecule has 2 heterocycles. The molecule has 1 aliphatic rings. The minimum absolute atomic E-state index is 0.575. The Morgan fingerprint density at radius 1 is 1.12 bits per heavy atom. The van der Waals surface area contributed by atoms with Gasteiger partial charge >= 0.3 is 0 Å². The van der Waals surface area contributed by atoms with Crippen molar-refractivity contribution in [3.63, 3.8) is 0 Å². The van der Waals surface area contributed by atoms with Crippen LogP contribution in [-0.2, 0) is 24.4 Å². The predicted octanol–water partition coefficient (Wildman–Crippen LogP) is 1.37. The van der Waals surface area contributed by atoms with E-state index in [1.807, 2.05) is 6.07 Å². The highest BCUT2D eigenvalue weighted by Crippen LogP contribution is 2.13. The van der Waals surface area contributed by atoms with Gasteiger partial charge in [-0.1, -0.05) is 29.4 Å². The number of ether oxygens (including phenoxy) is 1. The van der Waals surface area contributed by atoms with Crippen LogP contribution in [0.15, 0.2) is 46.1 Å². The zero-order valence-electron chi connectivity index (χ0n) is 14.6. The summed E-state index contributed by atoms with van der Waals surface area (Å²) in [4.78, 5) is 6.69. The molecule has 0 spiro atoms. The van der Waals surface area contributed by atoms with E-state index in [0.29, 0.717) is 6.54 Å². The van der Waals surface area contributed by atoms with Crippen LogP contribution in [0.1, 0.15) is 16.8 Å². The number of rotatable bonds is 6. The number of guanidine groups is 1. The Kier molecular flexibility index (Phi) is 6.42. The summed E-state index contributed by atoms with van der Waals surface area (Å²) in [6, 6.07) is 10.4. The molecule has 0 atom stereocenters. The number of nitrogens with zero attached hydrogens (tertiary/aromatic N) is 3. The minimum atomic E-state index is 0.575. The maximum absolute atomic E-state index is 5.43. The fourth-order valence-corrected chi connectivity index (χ4v) is 2.79. The maximum Gasteiger partial charge on any atom is 0.191 e. The monoisotopic (exact) mass is 343 g/mol. The first kappa shape index (κ1) is 17.4. The molecular formula is C18H25N5O2. The lowest BCUT2D eigenvalue weighted by Gasteiger charge is -2.27. The second-order valence-electron chi connectivity index (χ2n) is 5.93. The molecule has 1 saturated heterocycles. The zero-order valence-corrected chi connectivity index (χ0v) is 14.6. The number of hydrogen-bond donors (Lipinski definition) is 2. The lowest BCUT2D eigenvalue weighted by atomic mass is 10.1. The van der Waals surface area contributed by atoms with E-state index < -0.39 is 0 Å². The molecule has 1 aromatic carbocycles. The van der Waals surface area contributed by atoms with E-state index >= 15 is 0 Å². The third-order valence-corrected chi connectivity index (χ3v) is 4.21. The van der Waals surface area contributed by atoms with E-state index in [1.165, 1.54) is 11.1 Å². The van der Waals surface area contributed by atoms with Gasteiger partial charge in [-0.25, -0.2) is 0 Å². The van der Waals surface area contributed by atoms with Crippen molar-refractivity contribution < 1.29 is 9.26 Å². The Morgan fingerprint density at radius 2 is 1.88 bits per heavy atom. The number of morpholine rings is 1. The minimum Gasteiger partial charge on any atom is -0.379 e. The molecule has 2 N–H and O–H groups in total. The zero-order chi connectivity index (χ0) is 17.3. The first-order chi connectivity index (χ1) is 12.3. The van der Waals surface area contributed by atoms with Gasteiger partial charge in [-0.3, -0.25) is 9.89 Å². The van der Waals surface area contributed by atoms with Crippen molar-refractivity contribution in [1.29, 1.82) is 0 Å². The molecule has 2 aromatic rings. The van der Waals surface area contributed by atoms with E-state index in [1.54, 1.807) is 13.3 Å². The highest BCUT2D eigenvalue weighted by Gasteiger charge is 2.12. The predicted molar refractivity (Wildman–Crippen MR) is 96.1 cm³/mol. The summed E-state index contributed by atoms with van der Waals surface area (Å²) in [5.41, 5.74) is 3.46. The van der Waals surface area contributed by atoms with Crippen LogP contribution < -0.4 is 10.6 Å². The van der Waals surface area contributed by atoms with Crippen LogP contribution in [0.5, 0.6) is 0 Å². The van der Waals surface area contributed by atoms with Crippen molar-refractivity contribution in [2.75, 3.05) is 33.4 Å². The maximum atomic E-state index is 5.43. The van der Waals surface area contributed by atoms with Crippen LogP contribution in [0.3, 0.4) is 0 Å². The molecule has 0 aliphatic carbocycles. The summed E-state index contributed by atoms with van der Waals surface area (Å²) >= 11 is 0. The molecule has 7 nitrogen and oxygen atoms in total. The molecule has 3 rings (SSSR count). The summed E-state index contributed by atoms with van der Waals surface area (Å²) in [6.07, 6.45) is 1.56. The Morgan fingerprint density at radius 3 is 2.60 bits per heavy atom. The molecule has 0 amide bonds. The number of hydrogen-bond acceptors (Lipinski definition) is 5. The largest absolute Gasteiger partial charge is 0.379 e. The molecule has 25 heavy (non-hydrogen) atoms. The van der Waals surface area contributed by atoms with Gasteiger partial charge in [-0.15, -0.1) is 0 Å². The Hall–Kier alpha value is -2.38. The molecule has 0 saturated carbocycles. The molecule has 0 unspecified atom stereocenters. The van der Waals surface area contributed by atoms with E-state index in [4.69, 9.17) is 9.26 Å². The molecule has 1 fully saturated rings. The Bertz CT molecular complexity index is 666. The first-order valence-corrected chi connectivity index (χ1v) is 8.56. The first-order valence-electron chi connectivity index (χ1n) is 8.56. The van der Waals surface area contributed by atoms with Crippen molar-refractivity contribution in [3.8, 4) is 0 Å². The summed E-state index contributed by atoms with van der Waals surface area (Å²) < 4.78 is 10.3. The van der Waals surface area contributed by atoms with Crippen LogP contribution in [0.2, 0.25) is 0 Å².